The fourth-order valence-corrected chi connectivity index (χ4v) is 2.17. The molecule has 4 nitrogen and oxygen atoms in total. The van der Waals surface area contributed by atoms with Crippen LogP contribution >= 0.6 is 0 Å². The Morgan fingerprint density at radius 2 is 2.00 bits per heavy atom. The highest BCUT2D eigenvalue weighted by molar-refractivity contribution is 5.93. The van der Waals surface area contributed by atoms with Crippen LogP contribution in [0.4, 0.5) is 5.69 Å². The SMILES string of the molecule is O=C(COc1ccccc1)Nc1cccc2c1OCC2. The minimum absolute atomic E-state index is 0.0202. The van der Waals surface area contributed by atoms with Crippen LogP contribution in [-0.2, 0) is 11.2 Å². The molecule has 1 amide bonds. The van der Waals surface area contributed by atoms with Crippen LogP contribution in [0.15, 0.2) is 48.5 Å². The molecule has 2 aromatic rings. The highest BCUT2D eigenvalue weighted by Gasteiger charge is 2.17. The zero-order chi connectivity index (χ0) is 13.8. The van der Waals surface area contributed by atoms with Gasteiger partial charge in [0.25, 0.3) is 5.91 Å². The van der Waals surface area contributed by atoms with Gasteiger partial charge in [-0.1, -0.05) is 30.3 Å². The molecule has 0 unspecified atom stereocenters. The molecular formula is C16H15NO3. The van der Waals surface area contributed by atoms with Crippen molar-refractivity contribution in [2.75, 3.05) is 18.5 Å². The van der Waals surface area contributed by atoms with Crippen LogP contribution in [0.25, 0.3) is 0 Å². The summed E-state index contributed by atoms with van der Waals surface area (Å²) in [6, 6.07) is 15.0. The van der Waals surface area contributed by atoms with E-state index in [0.717, 1.165) is 17.7 Å². The largest absolute Gasteiger partial charge is 0.491 e. The summed E-state index contributed by atoms with van der Waals surface area (Å²) in [4.78, 5) is 11.9. The fraction of sp³-hybridized carbons (Fsp3) is 0.188. The number of fused-ring (bicyclic) bond motifs is 1. The molecule has 1 aliphatic heterocycles. The number of rotatable bonds is 4. The highest BCUT2D eigenvalue weighted by atomic mass is 16.5. The van der Waals surface area contributed by atoms with Gasteiger partial charge in [0.05, 0.1) is 12.3 Å². The lowest BCUT2D eigenvalue weighted by Gasteiger charge is -2.10. The van der Waals surface area contributed by atoms with Gasteiger partial charge < -0.3 is 14.8 Å². The number of anilines is 1. The van der Waals surface area contributed by atoms with Gasteiger partial charge in [0.15, 0.2) is 6.61 Å². The molecule has 1 heterocycles. The van der Waals surface area contributed by atoms with Crippen LogP contribution in [0.1, 0.15) is 5.56 Å². The van der Waals surface area contributed by atoms with Gasteiger partial charge in [-0.05, 0) is 23.8 Å². The predicted octanol–water partition coefficient (Wildman–Crippen LogP) is 2.64. The molecular weight excluding hydrogens is 254 g/mol. The summed E-state index contributed by atoms with van der Waals surface area (Å²) >= 11 is 0. The second-order valence-corrected chi connectivity index (χ2v) is 4.54. The van der Waals surface area contributed by atoms with Gasteiger partial charge in [0.1, 0.15) is 11.5 Å². The highest BCUT2D eigenvalue weighted by Crippen LogP contribution is 2.33. The Labute approximate surface area is 117 Å². The van der Waals surface area contributed by atoms with E-state index in [2.05, 4.69) is 5.32 Å². The topological polar surface area (TPSA) is 47.6 Å². The third-order valence-corrected chi connectivity index (χ3v) is 3.10. The standard InChI is InChI=1S/C16H15NO3/c18-15(11-20-13-6-2-1-3-7-13)17-14-8-4-5-12-9-10-19-16(12)14/h1-8H,9-11H2,(H,17,18). The number of para-hydroxylation sites is 2. The molecule has 4 heteroatoms. The molecule has 0 aliphatic carbocycles. The van der Waals surface area contributed by atoms with Crippen molar-refractivity contribution in [2.24, 2.45) is 0 Å². The number of ether oxygens (including phenoxy) is 2. The first-order valence-corrected chi connectivity index (χ1v) is 6.55. The van der Waals surface area contributed by atoms with E-state index in [-0.39, 0.29) is 12.5 Å². The molecule has 0 aromatic heterocycles. The van der Waals surface area contributed by atoms with Crippen molar-refractivity contribution in [2.45, 2.75) is 6.42 Å². The summed E-state index contributed by atoms with van der Waals surface area (Å²) in [5, 5.41) is 2.82. The van der Waals surface area contributed by atoms with E-state index < -0.39 is 0 Å². The van der Waals surface area contributed by atoms with E-state index >= 15 is 0 Å². The number of nitrogens with one attached hydrogen (secondary N) is 1. The quantitative estimate of drug-likeness (QED) is 0.928. The van der Waals surface area contributed by atoms with Gasteiger partial charge >= 0.3 is 0 Å². The minimum Gasteiger partial charge on any atom is -0.491 e. The third-order valence-electron chi connectivity index (χ3n) is 3.10. The molecule has 20 heavy (non-hydrogen) atoms. The van der Waals surface area contributed by atoms with Crippen LogP contribution in [0, 0.1) is 0 Å². The molecule has 0 saturated carbocycles. The van der Waals surface area contributed by atoms with E-state index in [1.54, 1.807) is 0 Å². The van der Waals surface area contributed by atoms with Gasteiger partial charge in [-0.3, -0.25) is 4.79 Å². The van der Waals surface area contributed by atoms with Crippen molar-refractivity contribution in [1.82, 2.24) is 0 Å². The Balaban J connectivity index is 1.61. The lowest BCUT2D eigenvalue weighted by atomic mass is 10.1. The molecule has 102 valence electrons. The molecule has 3 rings (SSSR count). The van der Waals surface area contributed by atoms with Crippen LogP contribution in [0.5, 0.6) is 11.5 Å². The first-order valence-electron chi connectivity index (χ1n) is 6.55. The van der Waals surface area contributed by atoms with E-state index in [9.17, 15) is 4.79 Å². The zero-order valence-corrected chi connectivity index (χ0v) is 11.0. The average molecular weight is 269 g/mol. The summed E-state index contributed by atoms with van der Waals surface area (Å²) in [5.41, 5.74) is 1.84. The maximum atomic E-state index is 11.9. The number of carbonyl (C=O) groups excluding carboxylic acids is 1. The minimum atomic E-state index is -0.197. The van der Waals surface area contributed by atoms with Gasteiger partial charge in [-0.25, -0.2) is 0 Å². The van der Waals surface area contributed by atoms with Gasteiger partial charge in [0, 0.05) is 6.42 Å². The number of hydrogen-bond donors (Lipinski definition) is 1. The third kappa shape index (κ3) is 2.74. The normalized spacial score (nSPS) is 12.4. The molecule has 0 fully saturated rings. The van der Waals surface area contributed by atoms with Crippen molar-refractivity contribution in [3.8, 4) is 11.5 Å². The first-order chi connectivity index (χ1) is 9.83. The molecule has 1 N–H and O–H groups in total. The Hall–Kier alpha value is -2.49. The van der Waals surface area contributed by atoms with Crippen molar-refractivity contribution < 1.29 is 14.3 Å². The number of carbonyl (C=O) groups is 1. The predicted molar refractivity (Wildman–Crippen MR) is 76.2 cm³/mol. The Morgan fingerprint density at radius 3 is 2.85 bits per heavy atom. The van der Waals surface area contributed by atoms with Crippen molar-refractivity contribution in [3.63, 3.8) is 0 Å². The van der Waals surface area contributed by atoms with E-state index in [1.807, 2.05) is 48.5 Å². The lowest BCUT2D eigenvalue weighted by molar-refractivity contribution is -0.118. The molecule has 0 bridgehead atoms. The molecule has 2 aromatic carbocycles. The van der Waals surface area contributed by atoms with E-state index in [0.29, 0.717) is 18.0 Å². The summed E-state index contributed by atoms with van der Waals surface area (Å²) in [7, 11) is 0. The Kier molecular flexibility index (Phi) is 3.54. The van der Waals surface area contributed by atoms with Crippen LogP contribution < -0.4 is 14.8 Å². The van der Waals surface area contributed by atoms with Crippen LogP contribution in [0.2, 0.25) is 0 Å². The second kappa shape index (κ2) is 5.65. The lowest BCUT2D eigenvalue weighted by Crippen LogP contribution is -2.20. The summed E-state index contributed by atoms with van der Waals surface area (Å²) in [6.07, 6.45) is 0.888. The van der Waals surface area contributed by atoms with Crippen LogP contribution in [0.3, 0.4) is 0 Å². The molecule has 0 radical (unpaired) electrons. The van der Waals surface area contributed by atoms with Crippen LogP contribution in [-0.4, -0.2) is 19.1 Å². The average Bonchev–Trinajstić information content (AvgIpc) is 2.96. The first kappa shape index (κ1) is 12.5. The number of amides is 1. The monoisotopic (exact) mass is 269 g/mol. The van der Waals surface area contributed by atoms with Gasteiger partial charge in [0.2, 0.25) is 0 Å². The van der Waals surface area contributed by atoms with Crippen molar-refractivity contribution in [1.29, 1.82) is 0 Å². The molecule has 1 aliphatic rings. The van der Waals surface area contributed by atoms with E-state index in [4.69, 9.17) is 9.47 Å². The summed E-state index contributed by atoms with van der Waals surface area (Å²) < 4.78 is 10.9. The Bertz CT molecular complexity index is 610. The maximum Gasteiger partial charge on any atom is 0.262 e. The maximum absolute atomic E-state index is 11.9. The fourth-order valence-electron chi connectivity index (χ4n) is 2.17. The molecule has 0 atom stereocenters. The molecule has 0 spiro atoms. The smallest absolute Gasteiger partial charge is 0.262 e. The van der Waals surface area contributed by atoms with Gasteiger partial charge in [-0.2, -0.15) is 0 Å². The van der Waals surface area contributed by atoms with E-state index in [1.165, 1.54) is 0 Å². The van der Waals surface area contributed by atoms with Gasteiger partial charge in [-0.15, -0.1) is 0 Å². The van der Waals surface area contributed by atoms with Crippen molar-refractivity contribution in [3.05, 3.63) is 54.1 Å². The number of hydrogen-bond acceptors (Lipinski definition) is 3. The number of benzene rings is 2. The summed E-state index contributed by atoms with van der Waals surface area (Å²) in [6.45, 7) is 0.649. The summed E-state index contributed by atoms with van der Waals surface area (Å²) in [5.74, 6) is 1.26. The van der Waals surface area contributed by atoms with Crippen molar-refractivity contribution >= 4 is 11.6 Å². The Morgan fingerprint density at radius 1 is 1.15 bits per heavy atom. The second-order valence-electron chi connectivity index (χ2n) is 4.54. The zero-order valence-electron chi connectivity index (χ0n) is 11.0. The molecule has 0 saturated heterocycles.